The lowest BCUT2D eigenvalue weighted by Gasteiger charge is -2.44. The first-order valence-electron chi connectivity index (χ1n) is 16.5. The third-order valence-corrected chi connectivity index (χ3v) is 24.9. The highest BCUT2D eigenvalue weighted by molar-refractivity contribution is 7.98. The fourth-order valence-electron chi connectivity index (χ4n) is 4.42. The number of alkyl halides is 3. The SMILES string of the molecule is CSc1nc(=O)c(CN(C)C(O)C(F)(F)F)cn1[C@@H]1O[C@H](CO[Si](C)(C)C(C)(C)C)C(O[Si](C)(C)C(C)(C)C)C1O[Si](C)(C)C(C)(C)C. The summed E-state index contributed by atoms with van der Waals surface area (Å²) in [5.41, 5.74) is -0.695. The van der Waals surface area contributed by atoms with Gasteiger partial charge in [-0.1, -0.05) is 74.1 Å². The molecule has 1 fully saturated rings. The van der Waals surface area contributed by atoms with E-state index >= 15 is 0 Å². The van der Waals surface area contributed by atoms with Crippen LogP contribution >= 0.6 is 11.8 Å². The van der Waals surface area contributed by atoms with E-state index in [2.05, 4.69) is 107 Å². The maximum Gasteiger partial charge on any atom is 0.428 e. The molecule has 1 aromatic heterocycles. The van der Waals surface area contributed by atoms with Gasteiger partial charge in [0.25, 0.3) is 5.56 Å². The summed E-state index contributed by atoms with van der Waals surface area (Å²) in [6, 6.07) is 0. The number of halogens is 3. The van der Waals surface area contributed by atoms with Crippen molar-refractivity contribution in [2.24, 2.45) is 0 Å². The molecule has 2 rings (SSSR count). The van der Waals surface area contributed by atoms with E-state index < -0.39 is 74.0 Å². The number of thioether (sulfide) groups is 1. The number of nitrogens with zero attached hydrogens (tertiary/aromatic N) is 3. The molecule has 2 heterocycles. The van der Waals surface area contributed by atoms with Gasteiger partial charge in [0.05, 0.1) is 6.61 Å². The van der Waals surface area contributed by atoms with Gasteiger partial charge in [-0.15, -0.1) is 0 Å². The molecule has 0 aromatic carbocycles. The van der Waals surface area contributed by atoms with Crippen molar-refractivity contribution < 1.29 is 36.3 Å². The number of aliphatic hydroxyl groups excluding tert-OH is 1. The van der Waals surface area contributed by atoms with E-state index in [0.29, 0.717) is 10.1 Å². The number of hydrogen-bond donors (Lipinski definition) is 1. The van der Waals surface area contributed by atoms with Gasteiger partial charge in [-0.05, 0) is 67.7 Å². The second kappa shape index (κ2) is 14.8. The van der Waals surface area contributed by atoms with Crippen molar-refractivity contribution in [2.75, 3.05) is 19.9 Å². The number of aromatic nitrogens is 2. The van der Waals surface area contributed by atoms with Crippen molar-refractivity contribution in [3.05, 3.63) is 22.1 Å². The smallest absolute Gasteiger partial charge is 0.414 e. The van der Waals surface area contributed by atoms with Crippen molar-refractivity contribution in [2.45, 2.75) is 165 Å². The molecule has 280 valence electrons. The zero-order valence-corrected chi connectivity index (χ0v) is 36.1. The van der Waals surface area contributed by atoms with Crippen LogP contribution < -0.4 is 5.56 Å². The Kier molecular flexibility index (Phi) is 13.5. The molecule has 16 heteroatoms. The molecule has 1 saturated heterocycles. The summed E-state index contributed by atoms with van der Waals surface area (Å²) in [7, 11) is -6.02. The summed E-state index contributed by atoms with van der Waals surface area (Å²) < 4.78 is 69.7. The minimum absolute atomic E-state index is 0.0175. The molecule has 1 aliphatic rings. The quantitative estimate of drug-likeness (QED) is 0.0986. The van der Waals surface area contributed by atoms with Crippen molar-refractivity contribution in [3.63, 3.8) is 0 Å². The van der Waals surface area contributed by atoms with Crippen LogP contribution in [0.3, 0.4) is 0 Å². The number of rotatable bonds is 12. The van der Waals surface area contributed by atoms with Crippen LogP contribution in [0.4, 0.5) is 13.2 Å². The van der Waals surface area contributed by atoms with Gasteiger partial charge in [0, 0.05) is 18.3 Å². The van der Waals surface area contributed by atoms with Crippen LogP contribution in [0.1, 0.15) is 74.1 Å². The van der Waals surface area contributed by atoms with Gasteiger partial charge < -0.3 is 23.1 Å². The molecule has 48 heavy (non-hydrogen) atoms. The van der Waals surface area contributed by atoms with Gasteiger partial charge >= 0.3 is 6.18 Å². The molecule has 3 unspecified atom stereocenters. The molecular formula is C32H62F3N3O6SSi3. The summed E-state index contributed by atoms with van der Waals surface area (Å²) in [6.45, 7) is 32.3. The molecule has 0 spiro atoms. The van der Waals surface area contributed by atoms with Crippen molar-refractivity contribution >= 4 is 36.7 Å². The topological polar surface area (TPSA) is 95.3 Å². The Morgan fingerprint density at radius 1 is 0.917 bits per heavy atom. The second-order valence-electron chi connectivity index (χ2n) is 17.6. The average Bonchev–Trinajstić information content (AvgIpc) is 3.20. The first-order chi connectivity index (χ1) is 21.3. The van der Waals surface area contributed by atoms with Crippen molar-refractivity contribution in [1.29, 1.82) is 0 Å². The Labute approximate surface area is 294 Å². The Morgan fingerprint density at radius 3 is 1.79 bits per heavy atom. The Bertz CT molecular complexity index is 1310. The van der Waals surface area contributed by atoms with Gasteiger partial charge in [-0.25, -0.2) is 0 Å². The van der Waals surface area contributed by atoms with Gasteiger partial charge in [-0.3, -0.25) is 14.3 Å². The van der Waals surface area contributed by atoms with Crippen LogP contribution in [0.2, 0.25) is 54.4 Å². The van der Waals surface area contributed by atoms with E-state index in [4.69, 9.17) is 18.0 Å². The maximum atomic E-state index is 13.3. The lowest BCUT2D eigenvalue weighted by Crippen LogP contribution is -2.54. The Morgan fingerprint density at radius 2 is 1.38 bits per heavy atom. The van der Waals surface area contributed by atoms with Crippen LogP contribution in [0.5, 0.6) is 0 Å². The Hall–Kier alpha value is -0.569. The maximum absolute atomic E-state index is 13.3. The zero-order chi connectivity index (χ0) is 37.6. The van der Waals surface area contributed by atoms with Crippen LogP contribution in [0, 0.1) is 0 Å². The van der Waals surface area contributed by atoms with E-state index in [1.54, 1.807) is 10.8 Å². The molecule has 0 aliphatic carbocycles. The summed E-state index contributed by atoms with van der Waals surface area (Å²) >= 11 is 1.23. The van der Waals surface area contributed by atoms with Gasteiger partial charge in [-0.2, -0.15) is 18.2 Å². The summed E-state index contributed by atoms with van der Waals surface area (Å²) in [5, 5.41) is 9.85. The molecular weight excluding hydrogens is 696 g/mol. The normalized spacial score (nSPS) is 22.9. The van der Waals surface area contributed by atoms with E-state index in [0.717, 1.165) is 7.05 Å². The van der Waals surface area contributed by atoms with E-state index in [1.807, 2.05) is 0 Å². The number of hydrogen-bond acceptors (Lipinski definition) is 9. The molecule has 1 aliphatic heterocycles. The molecule has 0 radical (unpaired) electrons. The third-order valence-electron chi connectivity index (χ3n) is 10.7. The van der Waals surface area contributed by atoms with Gasteiger partial charge in [0.1, 0.15) is 18.3 Å². The highest BCUT2D eigenvalue weighted by atomic mass is 32.2. The predicted octanol–water partition coefficient (Wildman–Crippen LogP) is 7.98. The van der Waals surface area contributed by atoms with Crippen molar-refractivity contribution in [1.82, 2.24) is 14.5 Å². The van der Waals surface area contributed by atoms with Crippen molar-refractivity contribution in [3.8, 4) is 0 Å². The minimum Gasteiger partial charge on any atom is -0.414 e. The molecule has 0 amide bonds. The molecule has 1 N–H and O–H groups in total. The fourth-order valence-corrected chi connectivity index (χ4v) is 8.58. The zero-order valence-electron chi connectivity index (χ0n) is 32.3. The monoisotopic (exact) mass is 757 g/mol. The lowest BCUT2D eigenvalue weighted by molar-refractivity contribution is -0.247. The summed E-state index contributed by atoms with van der Waals surface area (Å²) in [4.78, 5) is 18.1. The van der Waals surface area contributed by atoms with E-state index in [9.17, 15) is 23.1 Å². The fraction of sp³-hybridized carbons (Fsp3) is 0.875. The van der Waals surface area contributed by atoms with Crippen LogP contribution in [-0.2, 0) is 24.6 Å². The standard InChI is InChI=1S/C32H62F3N3O6SSi3/c1-29(2,3)46(12,13)41-20-22-23(43-47(14,15)30(4,5)6)24(44-48(16,17)31(7,8)9)26(42-22)38-19-21(25(39)36-28(38)45-11)18-37(10)27(40)32(33,34)35/h19,22-24,26-27,40H,18,20H2,1-17H3/t22-,23?,24?,26-,27?/m1/s1. The molecule has 5 atom stereocenters. The van der Waals surface area contributed by atoms with Crippen LogP contribution in [-0.4, -0.2) is 95.1 Å². The Balaban J connectivity index is 2.82. The highest BCUT2D eigenvalue weighted by Crippen LogP contribution is 2.47. The van der Waals surface area contributed by atoms with Gasteiger partial charge in [0.2, 0.25) is 6.23 Å². The third kappa shape index (κ3) is 10.1. The number of ether oxygens (including phenoxy) is 1. The minimum atomic E-state index is -4.89. The van der Waals surface area contributed by atoms with Crippen LogP contribution in [0.25, 0.3) is 0 Å². The summed E-state index contributed by atoms with van der Waals surface area (Å²) in [6.07, 6.45) is -6.91. The number of aliphatic hydroxyl groups is 1. The van der Waals surface area contributed by atoms with E-state index in [1.165, 1.54) is 18.0 Å². The average molecular weight is 758 g/mol. The van der Waals surface area contributed by atoms with Gasteiger partial charge in [0.15, 0.2) is 36.3 Å². The molecule has 1 aromatic rings. The predicted molar refractivity (Wildman–Crippen MR) is 195 cm³/mol. The lowest BCUT2D eigenvalue weighted by atomic mass is 10.1. The van der Waals surface area contributed by atoms with E-state index in [-0.39, 0.29) is 27.3 Å². The van der Waals surface area contributed by atoms with Crippen LogP contribution in [0.15, 0.2) is 16.1 Å². The summed E-state index contributed by atoms with van der Waals surface area (Å²) in [5.74, 6) is 0. The molecule has 9 nitrogen and oxygen atoms in total. The second-order valence-corrected chi connectivity index (χ2v) is 32.7. The molecule has 0 bridgehead atoms. The molecule has 0 saturated carbocycles. The first-order valence-corrected chi connectivity index (χ1v) is 26.5. The largest absolute Gasteiger partial charge is 0.428 e. The first kappa shape index (κ1) is 43.6. The highest BCUT2D eigenvalue weighted by Gasteiger charge is 2.55.